The number of piperidine rings is 3. The Balaban J connectivity index is 1.23. The molecule has 0 aromatic heterocycles. The first-order valence-corrected chi connectivity index (χ1v) is 18.0. The van der Waals surface area contributed by atoms with Gasteiger partial charge in [-0.05, 0) is 87.4 Å². The largest absolute Gasteiger partial charge is 0.468 e. The van der Waals surface area contributed by atoms with Crippen LogP contribution in [0.25, 0.3) is 0 Å². The summed E-state index contributed by atoms with van der Waals surface area (Å²) in [6.45, 7) is 2.93. The molecule has 5 N–H and O–H groups in total. The van der Waals surface area contributed by atoms with E-state index in [0.717, 1.165) is 49.7 Å². The smallest absolute Gasteiger partial charge is 0.418 e. The van der Waals surface area contributed by atoms with Gasteiger partial charge in [-0.3, -0.25) is 14.5 Å². The molecule has 5 rings (SSSR count). The number of benzene rings is 2. The lowest BCUT2D eigenvalue weighted by atomic mass is 9.94. The van der Waals surface area contributed by atoms with E-state index in [1.54, 1.807) is 4.90 Å². The number of likely N-dealkylation sites (tertiary alicyclic amines) is 3. The quantitative estimate of drug-likeness (QED) is 0.230. The fraction of sp³-hybridized carbons (Fsp3) is 0.583. The summed E-state index contributed by atoms with van der Waals surface area (Å²) in [7, 11) is 1.38. The molecule has 0 spiro atoms. The summed E-state index contributed by atoms with van der Waals surface area (Å²) >= 11 is 6.10. The minimum atomic E-state index is -4.77. The van der Waals surface area contributed by atoms with Gasteiger partial charge in [-0.25, -0.2) is 4.79 Å². The number of anilines is 2. The summed E-state index contributed by atoms with van der Waals surface area (Å²) in [6.07, 6.45) is -1.30. The van der Waals surface area contributed by atoms with E-state index >= 15 is 0 Å². The molecule has 51 heavy (non-hydrogen) atoms. The van der Waals surface area contributed by atoms with Crippen LogP contribution in [0.4, 0.5) is 29.3 Å². The minimum Gasteiger partial charge on any atom is -0.468 e. The Morgan fingerprint density at radius 2 is 1.65 bits per heavy atom. The molecular weight excluding hydrogens is 689 g/mol. The van der Waals surface area contributed by atoms with Crippen molar-refractivity contribution in [2.24, 2.45) is 0 Å². The molecule has 2 amide bonds. The summed E-state index contributed by atoms with van der Waals surface area (Å²) in [5.41, 5.74) is 11.9. The summed E-state index contributed by atoms with van der Waals surface area (Å²) in [4.78, 5) is 45.3. The highest BCUT2D eigenvalue weighted by Crippen LogP contribution is 2.38. The second-order valence-electron chi connectivity index (χ2n) is 13.6. The van der Waals surface area contributed by atoms with Gasteiger partial charge in [0.15, 0.2) is 6.10 Å². The lowest BCUT2D eigenvalue weighted by molar-refractivity contribution is -0.151. The van der Waals surface area contributed by atoms with E-state index in [-0.39, 0.29) is 41.1 Å². The van der Waals surface area contributed by atoms with Gasteiger partial charge in [0.2, 0.25) is 0 Å². The standard InChI is InChI=1S/C36H48ClF3N6O5/c1-50-34(48)30-8-4-5-15-46(30)26-12-18-44(19-13-26)33(47)31(22-23-20-27(36(38,39)40)32(42)28(37)21-23)51-35(49)45-16-10-25(11-17-45)43-14-9-24-6-2-3-7-29(24)41/h2-3,6-7,20-21,25-26,30-31,43H,4-5,8-19,22,41-42H2,1H3/t30-,31-/m1/s1. The highest BCUT2D eigenvalue weighted by molar-refractivity contribution is 6.33. The molecule has 280 valence electrons. The first-order valence-electron chi connectivity index (χ1n) is 17.7. The molecule has 0 radical (unpaired) electrons. The second-order valence-corrected chi connectivity index (χ2v) is 14.0. The average molecular weight is 737 g/mol. The van der Waals surface area contributed by atoms with Gasteiger partial charge in [-0.2, -0.15) is 13.2 Å². The number of ether oxygens (including phenoxy) is 2. The van der Waals surface area contributed by atoms with Gasteiger partial charge in [0.25, 0.3) is 5.91 Å². The normalized spacial score (nSPS) is 20.2. The van der Waals surface area contributed by atoms with Crippen molar-refractivity contribution >= 4 is 40.9 Å². The third-order valence-electron chi connectivity index (χ3n) is 10.3. The molecule has 0 unspecified atom stereocenters. The summed E-state index contributed by atoms with van der Waals surface area (Å²) in [5, 5.41) is 3.22. The third kappa shape index (κ3) is 9.78. The number of nitrogens with one attached hydrogen (secondary N) is 1. The second kappa shape index (κ2) is 17.2. The van der Waals surface area contributed by atoms with Crippen LogP contribution in [0.5, 0.6) is 0 Å². The fourth-order valence-electron chi connectivity index (χ4n) is 7.46. The van der Waals surface area contributed by atoms with E-state index < -0.39 is 35.5 Å². The number of hydrogen-bond donors (Lipinski definition) is 3. The van der Waals surface area contributed by atoms with E-state index in [1.165, 1.54) is 18.1 Å². The lowest BCUT2D eigenvalue weighted by Gasteiger charge is -2.43. The summed E-state index contributed by atoms with van der Waals surface area (Å²) in [6, 6.07) is 9.74. The molecule has 0 bridgehead atoms. The van der Waals surface area contributed by atoms with Crippen molar-refractivity contribution < 1.29 is 37.0 Å². The maximum Gasteiger partial charge on any atom is 0.418 e. The maximum absolute atomic E-state index is 14.0. The Bertz CT molecular complexity index is 1530. The van der Waals surface area contributed by atoms with E-state index in [2.05, 4.69) is 10.2 Å². The van der Waals surface area contributed by atoms with Gasteiger partial charge in [-0.15, -0.1) is 0 Å². The zero-order chi connectivity index (χ0) is 36.7. The number of carbonyl (C=O) groups is 3. The topological polar surface area (TPSA) is 143 Å². The predicted molar refractivity (Wildman–Crippen MR) is 188 cm³/mol. The van der Waals surface area contributed by atoms with Gasteiger partial charge in [0.1, 0.15) is 6.04 Å². The van der Waals surface area contributed by atoms with Crippen molar-refractivity contribution in [1.82, 2.24) is 20.0 Å². The van der Waals surface area contributed by atoms with Crippen LogP contribution in [-0.4, -0.2) is 103 Å². The molecule has 3 saturated heterocycles. The monoisotopic (exact) mass is 736 g/mol. The highest BCUT2D eigenvalue weighted by atomic mass is 35.5. The third-order valence-corrected chi connectivity index (χ3v) is 10.6. The van der Waals surface area contributed by atoms with Crippen molar-refractivity contribution in [3.63, 3.8) is 0 Å². The number of carbonyl (C=O) groups excluding carboxylic acids is 3. The van der Waals surface area contributed by atoms with Crippen LogP contribution in [-0.2, 0) is 38.1 Å². The van der Waals surface area contributed by atoms with Crippen molar-refractivity contribution in [3.05, 3.63) is 58.1 Å². The molecule has 0 aliphatic carbocycles. The van der Waals surface area contributed by atoms with Crippen molar-refractivity contribution in [2.45, 2.75) is 88.2 Å². The number of nitrogen functional groups attached to an aromatic ring is 2. The Hall–Kier alpha value is -3.75. The molecule has 2 atom stereocenters. The Morgan fingerprint density at radius 1 is 0.961 bits per heavy atom. The van der Waals surface area contributed by atoms with Crippen LogP contribution >= 0.6 is 11.6 Å². The number of esters is 1. The van der Waals surface area contributed by atoms with Crippen LogP contribution in [0, 0.1) is 0 Å². The molecule has 3 fully saturated rings. The van der Waals surface area contributed by atoms with Crippen LogP contribution < -0.4 is 16.8 Å². The number of alkyl halides is 3. The zero-order valence-electron chi connectivity index (χ0n) is 28.9. The molecule has 3 aliphatic rings. The minimum absolute atomic E-state index is 0.0599. The molecule has 3 heterocycles. The van der Waals surface area contributed by atoms with Gasteiger partial charge in [0, 0.05) is 50.4 Å². The Morgan fingerprint density at radius 3 is 2.31 bits per heavy atom. The number of halogens is 4. The number of amides is 2. The molecular formula is C36H48ClF3N6O5. The van der Waals surface area contributed by atoms with Crippen LogP contribution in [0.15, 0.2) is 36.4 Å². The number of nitrogens with zero attached hydrogens (tertiary/aromatic N) is 3. The number of para-hydroxylation sites is 1. The highest BCUT2D eigenvalue weighted by Gasteiger charge is 2.39. The van der Waals surface area contributed by atoms with Crippen molar-refractivity contribution in [3.8, 4) is 0 Å². The maximum atomic E-state index is 14.0. The number of methoxy groups -OCH3 is 1. The fourth-order valence-corrected chi connectivity index (χ4v) is 7.70. The van der Waals surface area contributed by atoms with Gasteiger partial charge in [-0.1, -0.05) is 36.2 Å². The van der Waals surface area contributed by atoms with Gasteiger partial charge < -0.3 is 36.1 Å². The Labute approximate surface area is 301 Å². The molecule has 3 aliphatic heterocycles. The average Bonchev–Trinajstić information content (AvgIpc) is 3.12. The molecule has 2 aromatic rings. The number of hydrogen-bond acceptors (Lipinski definition) is 9. The van der Waals surface area contributed by atoms with E-state index in [4.69, 9.17) is 32.5 Å². The van der Waals surface area contributed by atoms with Crippen molar-refractivity contribution in [2.75, 3.05) is 57.8 Å². The summed E-state index contributed by atoms with van der Waals surface area (Å²) in [5.74, 6) is -0.763. The Kier molecular flexibility index (Phi) is 13.0. The predicted octanol–water partition coefficient (Wildman–Crippen LogP) is 4.89. The molecule has 15 heteroatoms. The van der Waals surface area contributed by atoms with Crippen LogP contribution in [0.3, 0.4) is 0 Å². The first-order chi connectivity index (χ1) is 24.3. The molecule has 11 nitrogen and oxygen atoms in total. The lowest BCUT2D eigenvalue weighted by Crippen LogP contribution is -2.55. The van der Waals surface area contributed by atoms with Crippen molar-refractivity contribution in [1.29, 1.82) is 0 Å². The molecule has 0 saturated carbocycles. The van der Waals surface area contributed by atoms with E-state index in [0.29, 0.717) is 58.3 Å². The zero-order valence-corrected chi connectivity index (χ0v) is 29.7. The first kappa shape index (κ1) is 38.5. The molecule has 2 aromatic carbocycles. The summed E-state index contributed by atoms with van der Waals surface area (Å²) < 4.78 is 52.3. The van der Waals surface area contributed by atoms with E-state index in [9.17, 15) is 27.6 Å². The van der Waals surface area contributed by atoms with Crippen LogP contribution in [0.2, 0.25) is 5.02 Å². The number of rotatable bonds is 10. The van der Waals surface area contributed by atoms with E-state index in [1.807, 2.05) is 24.3 Å². The van der Waals surface area contributed by atoms with Gasteiger partial charge in [0.05, 0.1) is 23.4 Å². The van der Waals surface area contributed by atoms with Gasteiger partial charge >= 0.3 is 18.2 Å². The van der Waals surface area contributed by atoms with Crippen LogP contribution in [0.1, 0.15) is 61.6 Å². The number of nitrogens with two attached hydrogens (primary N) is 2. The SMILES string of the molecule is COC(=O)[C@H]1CCCCN1C1CCN(C(=O)[C@@H](Cc2cc(Cl)c(N)c(C(F)(F)F)c2)OC(=O)N2CCC(NCCc3ccccc3N)CC2)CC1.